The molecule has 3 aromatic rings. The monoisotopic (exact) mass is 384 g/mol. The Kier molecular flexibility index (Phi) is 6.33. The highest BCUT2D eigenvalue weighted by Gasteiger charge is 2.09. The van der Waals surface area contributed by atoms with Crippen LogP contribution in [0.4, 0.5) is 10.3 Å². The number of anilines is 1. The Morgan fingerprint density at radius 2 is 1.85 bits per heavy atom. The van der Waals surface area contributed by atoms with Gasteiger partial charge in [0.1, 0.15) is 11.5 Å². The third-order valence-electron chi connectivity index (χ3n) is 3.89. The molecule has 0 atom stereocenters. The van der Waals surface area contributed by atoms with Gasteiger partial charge in [-0.25, -0.2) is 14.4 Å². The lowest BCUT2D eigenvalue weighted by molar-refractivity contribution is 0.0946. The molecule has 2 N–H and O–H groups in total. The van der Waals surface area contributed by atoms with Crippen molar-refractivity contribution in [2.45, 2.75) is 13.0 Å². The molecule has 138 valence electrons. The molecule has 0 spiro atoms. The van der Waals surface area contributed by atoms with Crippen LogP contribution < -0.4 is 10.6 Å². The number of nitrogens with zero attached hydrogens (tertiary/aromatic N) is 2. The second-order valence-corrected chi connectivity index (χ2v) is 6.28. The highest BCUT2D eigenvalue weighted by Crippen LogP contribution is 2.10. The molecule has 0 radical (unpaired) electrons. The molecular formula is C20H18ClFN4O. The normalized spacial score (nSPS) is 10.4. The first kappa shape index (κ1) is 18.8. The van der Waals surface area contributed by atoms with E-state index in [0.29, 0.717) is 36.0 Å². The van der Waals surface area contributed by atoms with E-state index in [0.717, 1.165) is 5.56 Å². The fourth-order valence-electron chi connectivity index (χ4n) is 2.46. The maximum atomic E-state index is 13.6. The van der Waals surface area contributed by atoms with Crippen LogP contribution in [0.3, 0.4) is 0 Å². The lowest BCUT2D eigenvalue weighted by Crippen LogP contribution is -2.24. The Bertz CT molecular complexity index is 918. The van der Waals surface area contributed by atoms with Crippen molar-refractivity contribution < 1.29 is 9.18 Å². The Hall–Kier alpha value is -2.99. The molecule has 0 aliphatic heterocycles. The smallest absolute Gasteiger partial charge is 0.270 e. The average molecular weight is 385 g/mol. The van der Waals surface area contributed by atoms with E-state index in [1.807, 2.05) is 12.1 Å². The predicted octanol–water partition coefficient (Wildman–Crippen LogP) is 3.85. The molecule has 0 unspecified atom stereocenters. The van der Waals surface area contributed by atoms with Crippen molar-refractivity contribution in [3.63, 3.8) is 0 Å². The van der Waals surface area contributed by atoms with Gasteiger partial charge < -0.3 is 10.6 Å². The van der Waals surface area contributed by atoms with Crippen molar-refractivity contribution in [2.75, 3.05) is 11.9 Å². The summed E-state index contributed by atoms with van der Waals surface area (Å²) in [7, 11) is 0. The van der Waals surface area contributed by atoms with Crippen molar-refractivity contribution in [1.82, 2.24) is 15.3 Å². The van der Waals surface area contributed by atoms with Gasteiger partial charge in [0, 0.05) is 24.3 Å². The SMILES string of the molecule is O=C(NCc1ccc(Cl)cc1)c1ccnc(NCCc2ccccc2F)n1. The third-order valence-corrected chi connectivity index (χ3v) is 4.14. The fourth-order valence-corrected chi connectivity index (χ4v) is 2.58. The molecule has 3 rings (SSSR count). The minimum Gasteiger partial charge on any atom is -0.354 e. The number of hydrogen-bond donors (Lipinski definition) is 2. The Balaban J connectivity index is 1.53. The van der Waals surface area contributed by atoms with Gasteiger partial charge >= 0.3 is 0 Å². The minimum absolute atomic E-state index is 0.240. The summed E-state index contributed by atoms with van der Waals surface area (Å²) in [4.78, 5) is 20.6. The summed E-state index contributed by atoms with van der Waals surface area (Å²) in [5, 5.41) is 6.46. The second kappa shape index (κ2) is 9.09. The molecule has 0 aliphatic carbocycles. The van der Waals surface area contributed by atoms with Crippen LogP contribution >= 0.6 is 11.6 Å². The Morgan fingerprint density at radius 1 is 1.07 bits per heavy atom. The first-order chi connectivity index (χ1) is 13.1. The zero-order chi connectivity index (χ0) is 19.1. The topological polar surface area (TPSA) is 66.9 Å². The maximum Gasteiger partial charge on any atom is 0.270 e. The van der Waals surface area contributed by atoms with Crippen LogP contribution in [-0.2, 0) is 13.0 Å². The number of hydrogen-bond acceptors (Lipinski definition) is 4. The number of aromatic nitrogens is 2. The molecule has 2 aromatic carbocycles. The minimum atomic E-state index is -0.301. The first-order valence-electron chi connectivity index (χ1n) is 8.45. The summed E-state index contributed by atoms with van der Waals surface area (Å²) in [5.41, 5.74) is 1.80. The molecule has 7 heteroatoms. The van der Waals surface area contributed by atoms with Crippen LogP contribution in [0, 0.1) is 5.82 Å². The van der Waals surface area contributed by atoms with Crippen LogP contribution in [-0.4, -0.2) is 22.4 Å². The van der Waals surface area contributed by atoms with Crippen LogP contribution in [0.1, 0.15) is 21.6 Å². The maximum absolute atomic E-state index is 13.6. The van der Waals surface area contributed by atoms with Gasteiger partial charge in [-0.3, -0.25) is 4.79 Å². The van der Waals surface area contributed by atoms with E-state index in [4.69, 9.17) is 11.6 Å². The standard InChI is InChI=1S/C20H18ClFN4O/c21-16-7-5-14(6-8-16)13-25-19(27)18-10-12-24-20(26-18)23-11-9-15-3-1-2-4-17(15)22/h1-8,10,12H,9,11,13H2,(H,25,27)(H,23,24,26). The summed E-state index contributed by atoms with van der Waals surface area (Å²) in [5.74, 6) is -0.217. The molecule has 0 bridgehead atoms. The number of rotatable bonds is 7. The van der Waals surface area contributed by atoms with Gasteiger partial charge in [-0.2, -0.15) is 0 Å². The summed E-state index contributed by atoms with van der Waals surface area (Å²) >= 11 is 5.85. The van der Waals surface area contributed by atoms with Crippen LogP contribution in [0.2, 0.25) is 5.02 Å². The summed E-state index contributed by atoms with van der Waals surface area (Å²) < 4.78 is 13.6. The van der Waals surface area contributed by atoms with E-state index in [9.17, 15) is 9.18 Å². The number of amides is 1. The van der Waals surface area contributed by atoms with Crippen molar-refractivity contribution in [1.29, 1.82) is 0 Å². The van der Waals surface area contributed by atoms with Gasteiger partial charge in [-0.1, -0.05) is 41.9 Å². The van der Waals surface area contributed by atoms with Crippen molar-refractivity contribution in [2.24, 2.45) is 0 Å². The van der Waals surface area contributed by atoms with E-state index >= 15 is 0 Å². The van der Waals surface area contributed by atoms with Crippen LogP contribution in [0.25, 0.3) is 0 Å². The third kappa shape index (κ3) is 5.49. The van der Waals surface area contributed by atoms with Crippen LogP contribution in [0.5, 0.6) is 0 Å². The second-order valence-electron chi connectivity index (χ2n) is 5.84. The highest BCUT2D eigenvalue weighted by molar-refractivity contribution is 6.30. The predicted molar refractivity (Wildman–Crippen MR) is 103 cm³/mol. The van der Waals surface area contributed by atoms with Crippen molar-refractivity contribution in [3.05, 3.63) is 88.5 Å². The van der Waals surface area contributed by atoms with Crippen molar-refractivity contribution >= 4 is 23.5 Å². The number of benzene rings is 2. The van der Waals surface area contributed by atoms with Gasteiger partial charge in [0.2, 0.25) is 5.95 Å². The number of nitrogens with one attached hydrogen (secondary N) is 2. The van der Waals surface area contributed by atoms with E-state index in [1.54, 1.807) is 36.4 Å². The number of carbonyl (C=O) groups is 1. The van der Waals surface area contributed by atoms with Gasteiger partial charge in [-0.05, 0) is 41.8 Å². The molecule has 0 aliphatic rings. The molecule has 1 aromatic heterocycles. The molecule has 0 saturated heterocycles. The molecular weight excluding hydrogens is 367 g/mol. The van der Waals surface area contributed by atoms with Crippen molar-refractivity contribution in [3.8, 4) is 0 Å². The van der Waals surface area contributed by atoms with E-state index < -0.39 is 0 Å². The molecule has 1 amide bonds. The Morgan fingerprint density at radius 3 is 2.63 bits per heavy atom. The molecule has 0 saturated carbocycles. The van der Waals surface area contributed by atoms with Gasteiger partial charge in [-0.15, -0.1) is 0 Å². The zero-order valence-electron chi connectivity index (χ0n) is 14.5. The average Bonchev–Trinajstić information content (AvgIpc) is 2.69. The molecule has 27 heavy (non-hydrogen) atoms. The highest BCUT2D eigenvalue weighted by atomic mass is 35.5. The molecule has 5 nitrogen and oxygen atoms in total. The largest absolute Gasteiger partial charge is 0.354 e. The summed E-state index contributed by atoms with van der Waals surface area (Å²) in [6.07, 6.45) is 2.00. The Labute approximate surface area is 161 Å². The van der Waals surface area contributed by atoms with E-state index in [1.165, 1.54) is 12.3 Å². The summed E-state index contributed by atoms with van der Waals surface area (Å²) in [6, 6.07) is 15.4. The van der Waals surface area contributed by atoms with E-state index in [2.05, 4.69) is 20.6 Å². The van der Waals surface area contributed by atoms with Gasteiger partial charge in [0.05, 0.1) is 0 Å². The van der Waals surface area contributed by atoms with E-state index in [-0.39, 0.29) is 17.4 Å². The molecule has 1 heterocycles. The fraction of sp³-hybridized carbons (Fsp3) is 0.150. The zero-order valence-corrected chi connectivity index (χ0v) is 15.2. The first-order valence-corrected chi connectivity index (χ1v) is 8.82. The number of halogens is 2. The quantitative estimate of drug-likeness (QED) is 0.649. The summed E-state index contributed by atoms with van der Waals surface area (Å²) in [6.45, 7) is 0.826. The van der Waals surface area contributed by atoms with Gasteiger partial charge in [0.25, 0.3) is 5.91 Å². The lowest BCUT2D eigenvalue weighted by Gasteiger charge is -2.08. The van der Waals surface area contributed by atoms with Gasteiger partial charge in [0.15, 0.2) is 0 Å². The molecule has 0 fully saturated rings. The number of carbonyl (C=O) groups excluding carboxylic acids is 1. The lowest BCUT2D eigenvalue weighted by atomic mass is 10.1. The van der Waals surface area contributed by atoms with Crippen LogP contribution in [0.15, 0.2) is 60.8 Å².